The van der Waals surface area contributed by atoms with Crippen LogP contribution in [-0.2, 0) is 11.2 Å². The van der Waals surface area contributed by atoms with Gasteiger partial charge in [0.2, 0.25) is 5.91 Å². The van der Waals surface area contributed by atoms with Crippen molar-refractivity contribution in [3.63, 3.8) is 0 Å². The zero-order valence-electron chi connectivity index (χ0n) is 12.8. The van der Waals surface area contributed by atoms with Crippen LogP contribution in [0.25, 0.3) is 11.5 Å². The Morgan fingerprint density at radius 1 is 1.25 bits per heavy atom. The number of ether oxygens (including phenoxy) is 1. The molecule has 1 aromatic heterocycles. The quantitative estimate of drug-likeness (QED) is 0.766. The van der Waals surface area contributed by atoms with Crippen LogP contribution in [0, 0.1) is 0 Å². The molecule has 0 saturated heterocycles. The molecule has 6 nitrogen and oxygen atoms in total. The van der Waals surface area contributed by atoms with Crippen molar-refractivity contribution < 1.29 is 14.1 Å². The molecule has 122 valence electrons. The summed E-state index contributed by atoms with van der Waals surface area (Å²) in [4.78, 5) is 16.3. The van der Waals surface area contributed by atoms with Crippen LogP contribution in [0.2, 0.25) is 5.02 Å². The minimum Gasteiger partial charge on any atom is -0.496 e. The lowest BCUT2D eigenvalue weighted by Crippen LogP contribution is -2.15. The average molecular weight is 344 g/mol. The maximum Gasteiger partial charge on any atom is 0.261 e. The lowest BCUT2D eigenvalue weighted by molar-refractivity contribution is -0.115. The highest BCUT2D eigenvalue weighted by molar-refractivity contribution is 6.30. The summed E-state index contributed by atoms with van der Waals surface area (Å²) in [5, 5.41) is 7.12. The minimum absolute atomic E-state index is 0.00877. The van der Waals surface area contributed by atoms with Crippen molar-refractivity contribution in [1.82, 2.24) is 10.1 Å². The first kappa shape index (κ1) is 16.0. The number of hydrogen-bond donors (Lipinski definition) is 1. The van der Waals surface area contributed by atoms with Crippen LogP contribution in [-0.4, -0.2) is 23.2 Å². The first-order chi connectivity index (χ1) is 11.7. The molecule has 0 saturated carbocycles. The second kappa shape index (κ2) is 7.14. The number of nitrogens with zero attached hydrogens (tertiary/aromatic N) is 2. The van der Waals surface area contributed by atoms with E-state index in [0.29, 0.717) is 27.9 Å². The summed E-state index contributed by atoms with van der Waals surface area (Å²) in [5.41, 5.74) is 1.29. The van der Waals surface area contributed by atoms with Crippen molar-refractivity contribution in [3.05, 3.63) is 59.4 Å². The minimum atomic E-state index is -0.260. The molecular formula is C17H14ClN3O3. The summed E-state index contributed by atoms with van der Waals surface area (Å²) in [6, 6.07) is 14.2. The number of nitrogens with one attached hydrogen (secondary N) is 1. The third-order valence-corrected chi connectivity index (χ3v) is 3.47. The van der Waals surface area contributed by atoms with Crippen molar-refractivity contribution in [2.45, 2.75) is 6.42 Å². The van der Waals surface area contributed by atoms with E-state index >= 15 is 0 Å². The van der Waals surface area contributed by atoms with Gasteiger partial charge in [0.25, 0.3) is 5.89 Å². The highest BCUT2D eigenvalue weighted by atomic mass is 35.5. The van der Waals surface area contributed by atoms with E-state index in [-0.39, 0.29) is 18.2 Å². The van der Waals surface area contributed by atoms with Crippen LogP contribution >= 0.6 is 11.6 Å². The van der Waals surface area contributed by atoms with E-state index < -0.39 is 0 Å². The van der Waals surface area contributed by atoms with E-state index in [1.54, 1.807) is 37.4 Å². The van der Waals surface area contributed by atoms with Gasteiger partial charge in [0.1, 0.15) is 5.75 Å². The predicted molar refractivity (Wildman–Crippen MR) is 90.1 cm³/mol. The van der Waals surface area contributed by atoms with E-state index in [0.717, 1.165) is 0 Å². The Bertz CT molecular complexity index is 864. The Hall–Kier alpha value is -2.86. The SMILES string of the molecule is COc1ccccc1-c1nc(CC(=O)Nc2cccc(Cl)c2)no1. The molecule has 1 amide bonds. The van der Waals surface area contributed by atoms with Gasteiger partial charge in [-0.25, -0.2) is 0 Å². The predicted octanol–water partition coefficient (Wildman–Crippen LogP) is 3.58. The fourth-order valence-electron chi connectivity index (χ4n) is 2.17. The van der Waals surface area contributed by atoms with Gasteiger partial charge in [-0.05, 0) is 30.3 Å². The number of hydrogen-bond acceptors (Lipinski definition) is 5. The molecule has 0 aliphatic heterocycles. The molecule has 0 aliphatic carbocycles. The van der Waals surface area contributed by atoms with Crippen LogP contribution in [0.4, 0.5) is 5.69 Å². The summed E-state index contributed by atoms with van der Waals surface area (Å²) in [6.07, 6.45) is -0.00877. The molecule has 0 bridgehead atoms. The Morgan fingerprint density at radius 3 is 2.88 bits per heavy atom. The highest BCUT2D eigenvalue weighted by Crippen LogP contribution is 2.28. The number of para-hydroxylation sites is 1. The van der Waals surface area contributed by atoms with Crippen molar-refractivity contribution in [2.75, 3.05) is 12.4 Å². The zero-order chi connectivity index (χ0) is 16.9. The average Bonchev–Trinajstić information content (AvgIpc) is 3.03. The van der Waals surface area contributed by atoms with Gasteiger partial charge in [0.05, 0.1) is 19.1 Å². The summed E-state index contributed by atoms with van der Waals surface area (Å²) in [6.45, 7) is 0. The third-order valence-electron chi connectivity index (χ3n) is 3.23. The molecule has 0 atom stereocenters. The first-order valence-electron chi connectivity index (χ1n) is 7.17. The Morgan fingerprint density at radius 2 is 2.08 bits per heavy atom. The molecule has 1 N–H and O–H groups in total. The first-order valence-corrected chi connectivity index (χ1v) is 7.55. The van der Waals surface area contributed by atoms with Gasteiger partial charge in [-0.2, -0.15) is 4.98 Å². The topological polar surface area (TPSA) is 77.2 Å². The third kappa shape index (κ3) is 3.72. The van der Waals surface area contributed by atoms with E-state index in [1.165, 1.54) is 0 Å². The Kier molecular flexibility index (Phi) is 4.77. The van der Waals surface area contributed by atoms with Gasteiger partial charge < -0.3 is 14.6 Å². The standard InChI is InChI=1S/C17H14ClN3O3/c1-23-14-8-3-2-7-13(14)17-20-15(21-24-17)10-16(22)19-12-6-4-5-11(18)9-12/h2-9H,10H2,1H3,(H,19,22). The molecule has 3 aromatic rings. The normalized spacial score (nSPS) is 10.4. The zero-order valence-corrected chi connectivity index (χ0v) is 13.6. The molecule has 0 unspecified atom stereocenters. The van der Waals surface area contributed by atoms with E-state index in [2.05, 4.69) is 15.5 Å². The molecule has 0 fully saturated rings. The monoisotopic (exact) mass is 343 g/mol. The number of carbonyl (C=O) groups excluding carboxylic acids is 1. The fourth-order valence-corrected chi connectivity index (χ4v) is 2.36. The summed E-state index contributed by atoms with van der Waals surface area (Å²) < 4.78 is 10.5. The van der Waals surface area contributed by atoms with Gasteiger partial charge >= 0.3 is 0 Å². The maximum absolute atomic E-state index is 12.1. The van der Waals surface area contributed by atoms with Gasteiger partial charge in [0, 0.05) is 10.7 Å². The van der Waals surface area contributed by atoms with Crippen LogP contribution in [0.3, 0.4) is 0 Å². The molecule has 3 rings (SSSR count). The molecule has 0 radical (unpaired) electrons. The van der Waals surface area contributed by atoms with Crippen molar-refractivity contribution in [3.8, 4) is 17.2 Å². The van der Waals surface area contributed by atoms with E-state index in [9.17, 15) is 4.79 Å². The molecule has 1 heterocycles. The smallest absolute Gasteiger partial charge is 0.261 e. The number of methoxy groups -OCH3 is 1. The number of halogens is 1. The number of rotatable bonds is 5. The molecule has 24 heavy (non-hydrogen) atoms. The van der Waals surface area contributed by atoms with Crippen molar-refractivity contribution in [1.29, 1.82) is 0 Å². The Labute approximate surface area is 143 Å². The van der Waals surface area contributed by atoms with Crippen LogP contribution in [0.5, 0.6) is 5.75 Å². The van der Waals surface area contributed by atoms with Gasteiger partial charge in [-0.3, -0.25) is 4.79 Å². The molecule has 7 heteroatoms. The van der Waals surface area contributed by atoms with E-state index in [1.807, 2.05) is 18.2 Å². The molecule has 0 aliphatic rings. The number of anilines is 1. The summed E-state index contributed by atoms with van der Waals surface area (Å²) >= 11 is 5.89. The van der Waals surface area contributed by atoms with E-state index in [4.69, 9.17) is 20.9 Å². The second-order valence-electron chi connectivity index (χ2n) is 4.95. The van der Waals surface area contributed by atoms with Crippen LogP contribution in [0.15, 0.2) is 53.1 Å². The van der Waals surface area contributed by atoms with Gasteiger partial charge in [-0.15, -0.1) is 0 Å². The fraction of sp³-hybridized carbons (Fsp3) is 0.118. The number of aromatic nitrogens is 2. The number of benzene rings is 2. The highest BCUT2D eigenvalue weighted by Gasteiger charge is 2.15. The van der Waals surface area contributed by atoms with Crippen molar-refractivity contribution in [2.24, 2.45) is 0 Å². The summed E-state index contributed by atoms with van der Waals surface area (Å²) in [5.74, 6) is 0.953. The number of amides is 1. The largest absolute Gasteiger partial charge is 0.496 e. The molecule has 2 aromatic carbocycles. The summed E-state index contributed by atoms with van der Waals surface area (Å²) in [7, 11) is 1.56. The lowest BCUT2D eigenvalue weighted by atomic mass is 10.2. The van der Waals surface area contributed by atoms with Gasteiger partial charge in [0.15, 0.2) is 5.82 Å². The number of carbonyl (C=O) groups is 1. The molecule has 0 spiro atoms. The Balaban J connectivity index is 1.71. The van der Waals surface area contributed by atoms with Crippen LogP contribution < -0.4 is 10.1 Å². The lowest BCUT2D eigenvalue weighted by Gasteiger charge is -2.03. The van der Waals surface area contributed by atoms with Crippen molar-refractivity contribution >= 4 is 23.2 Å². The second-order valence-corrected chi connectivity index (χ2v) is 5.39. The van der Waals surface area contributed by atoms with Gasteiger partial charge in [-0.1, -0.05) is 35.0 Å². The van der Waals surface area contributed by atoms with Crippen LogP contribution in [0.1, 0.15) is 5.82 Å². The molecular weight excluding hydrogens is 330 g/mol. The maximum atomic E-state index is 12.1.